The van der Waals surface area contributed by atoms with Crippen LogP contribution in [0.4, 0.5) is 0 Å². The first-order valence-electron chi connectivity index (χ1n) is 7.68. The maximum atomic E-state index is 12.8. The largest absolute Gasteiger partial charge is 0.488 e. The first-order valence-corrected chi connectivity index (χ1v) is 7.68. The smallest absolute Gasteiger partial charge is 0.196 e. The molecule has 1 aliphatic rings. The first-order chi connectivity index (χ1) is 11.2. The van der Waals surface area contributed by atoms with Crippen LogP contribution in [0.1, 0.15) is 21.5 Å². The van der Waals surface area contributed by atoms with Crippen LogP contribution >= 0.6 is 0 Å². The van der Waals surface area contributed by atoms with Gasteiger partial charge in [0.05, 0.1) is 5.56 Å². The van der Waals surface area contributed by atoms with E-state index in [1.54, 1.807) is 0 Å². The number of rotatable bonds is 1. The topological polar surface area (TPSA) is 26.3 Å². The predicted molar refractivity (Wildman–Crippen MR) is 92.9 cm³/mol. The Morgan fingerprint density at radius 2 is 1.65 bits per heavy atom. The van der Waals surface area contributed by atoms with Crippen molar-refractivity contribution in [3.8, 4) is 5.75 Å². The Morgan fingerprint density at radius 3 is 2.39 bits per heavy atom. The minimum absolute atomic E-state index is 0.0533. The van der Waals surface area contributed by atoms with Crippen LogP contribution in [0, 0.1) is 6.92 Å². The summed E-state index contributed by atoms with van der Waals surface area (Å²) in [5.74, 6) is 0.729. The molecule has 2 heteroatoms. The van der Waals surface area contributed by atoms with E-state index in [0.29, 0.717) is 23.5 Å². The zero-order valence-corrected chi connectivity index (χ0v) is 12.9. The van der Waals surface area contributed by atoms with E-state index in [2.05, 4.69) is 0 Å². The highest BCUT2D eigenvalue weighted by Gasteiger charge is 2.23. The van der Waals surface area contributed by atoms with Crippen molar-refractivity contribution < 1.29 is 9.53 Å². The molecule has 0 atom stereocenters. The second-order valence-electron chi connectivity index (χ2n) is 5.89. The molecule has 0 radical (unpaired) electrons. The molecule has 0 aliphatic carbocycles. The van der Waals surface area contributed by atoms with Crippen molar-refractivity contribution in [3.05, 3.63) is 82.9 Å². The Bertz CT molecular complexity index is 934. The summed E-state index contributed by atoms with van der Waals surface area (Å²) >= 11 is 0. The number of ketones is 1. The molecule has 0 saturated heterocycles. The fraction of sp³-hybridized carbons (Fsp3) is 0.0952. The summed E-state index contributed by atoms with van der Waals surface area (Å²) < 4.78 is 5.82. The Morgan fingerprint density at radius 1 is 0.957 bits per heavy atom. The van der Waals surface area contributed by atoms with Gasteiger partial charge in [-0.25, -0.2) is 0 Å². The third kappa shape index (κ3) is 2.53. The molecule has 0 fully saturated rings. The number of aryl methyl sites for hydroxylation is 1. The molecule has 112 valence electrons. The van der Waals surface area contributed by atoms with Crippen molar-refractivity contribution in [1.82, 2.24) is 0 Å². The molecule has 0 saturated carbocycles. The standard InChI is InChI=1S/C21H16O2/c1-14-6-8-15(9-7-14)10-18-13-23-20-12-17-5-3-2-4-16(17)11-19(20)21(18)22/h2-12H,13H2,1H3/b18-10+. The lowest BCUT2D eigenvalue weighted by Gasteiger charge is -2.19. The second-order valence-corrected chi connectivity index (χ2v) is 5.89. The maximum Gasteiger partial charge on any atom is 0.196 e. The van der Waals surface area contributed by atoms with Gasteiger partial charge in [0, 0.05) is 5.57 Å². The van der Waals surface area contributed by atoms with E-state index in [-0.39, 0.29) is 5.78 Å². The fourth-order valence-electron chi connectivity index (χ4n) is 2.88. The van der Waals surface area contributed by atoms with Crippen LogP contribution in [-0.4, -0.2) is 12.4 Å². The zero-order valence-electron chi connectivity index (χ0n) is 12.9. The minimum Gasteiger partial charge on any atom is -0.488 e. The number of hydrogen-bond donors (Lipinski definition) is 0. The Labute approximate surface area is 135 Å². The molecule has 0 amide bonds. The van der Waals surface area contributed by atoms with Gasteiger partial charge in [-0.1, -0.05) is 54.1 Å². The molecule has 0 N–H and O–H groups in total. The van der Waals surface area contributed by atoms with Crippen molar-refractivity contribution in [2.24, 2.45) is 0 Å². The van der Waals surface area contributed by atoms with E-state index in [4.69, 9.17) is 4.74 Å². The summed E-state index contributed by atoms with van der Waals surface area (Å²) in [6.07, 6.45) is 1.92. The number of carbonyl (C=O) groups is 1. The summed E-state index contributed by atoms with van der Waals surface area (Å²) in [4.78, 5) is 12.8. The third-order valence-corrected chi connectivity index (χ3v) is 4.19. The van der Waals surface area contributed by atoms with Crippen LogP contribution < -0.4 is 4.74 Å². The molecule has 3 aromatic rings. The first kappa shape index (κ1) is 13.8. The summed E-state index contributed by atoms with van der Waals surface area (Å²) in [7, 11) is 0. The molecule has 3 aromatic carbocycles. The molecule has 1 aliphatic heterocycles. The van der Waals surface area contributed by atoms with E-state index < -0.39 is 0 Å². The van der Waals surface area contributed by atoms with Crippen LogP contribution in [0.3, 0.4) is 0 Å². The lowest BCUT2D eigenvalue weighted by Crippen LogP contribution is -2.19. The summed E-state index contributed by atoms with van der Waals surface area (Å²) in [5.41, 5.74) is 3.56. The van der Waals surface area contributed by atoms with E-state index in [9.17, 15) is 4.79 Å². The van der Waals surface area contributed by atoms with E-state index >= 15 is 0 Å². The highest BCUT2D eigenvalue weighted by atomic mass is 16.5. The van der Waals surface area contributed by atoms with Gasteiger partial charge < -0.3 is 4.74 Å². The normalized spacial score (nSPS) is 15.5. The minimum atomic E-state index is 0.0533. The number of hydrogen-bond acceptors (Lipinski definition) is 2. The van der Waals surface area contributed by atoms with Crippen LogP contribution in [0.2, 0.25) is 0 Å². The number of carbonyl (C=O) groups excluding carboxylic acids is 1. The Hall–Kier alpha value is -2.87. The summed E-state index contributed by atoms with van der Waals surface area (Å²) in [6.45, 7) is 2.37. The monoisotopic (exact) mass is 300 g/mol. The van der Waals surface area contributed by atoms with Crippen LogP contribution in [0.5, 0.6) is 5.75 Å². The Kier molecular flexibility index (Phi) is 3.23. The van der Waals surface area contributed by atoms with Crippen molar-refractivity contribution in [2.45, 2.75) is 6.92 Å². The van der Waals surface area contributed by atoms with Crippen LogP contribution in [-0.2, 0) is 0 Å². The third-order valence-electron chi connectivity index (χ3n) is 4.19. The second kappa shape index (κ2) is 5.40. The van der Waals surface area contributed by atoms with Gasteiger partial charge in [-0.3, -0.25) is 4.79 Å². The van der Waals surface area contributed by atoms with Crippen LogP contribution in [0.15, 0.2) is 66.2 Å². The highest BCUT2D eigenvalue weighted by Crippen LogP contribution is 2.32. The highest BCUT2D eigenvalue weighted by molar-refractivity contribution is 6.15. The average molecular weight is 300 g/mol. The molecule has 0 spiro atoms. The van der Waals surface area contributed by atoms with Crippen molar-refractivity contribution in [1.29, 1.82) is 0 Å². The maximum absolute atomic E-state index is 12.8. The molecule has 23 heavy (non-hydrogen) atoms. The number of ether oxygens (including phenoxy) is 1. The summed E-state index contributed by atoms with van der Waals surface area (Å²) in [5, 5.41) is 2.14. The zero-order chi connectivity index (χ0) is 15.8. The lowest BCUT2D eigenvalue weighted by atomic mass is 9.95. The van der Waals surface area contributed by atoms with Crippen LogP contribution in [0.25, 0.3) is 16.8 Å². The molecule has 0 unspecified atom stereocenters. The van der Waals surface area contributed by atoms with E-state index in [1.807, 2.05) is 73.7 Å². The van der Waals surface area contributed by atoms with E-state index in [1.165, 1.54) is 5.56 Å². The fourth-order valence-corrected chi connectivity index (χ4v) is 2.88. The number of fused-ring (bicyclic) bond motifs is 2. The number of benzene rings is 3. The molecule has 0 aromatic heterocycles. The SMILES string of the molecule is Cc1ccc(/C=C2\COc3cc4ccccc4cc3C2=O)cc1. The van der Waals surface area contributed by atoms with Gasteiger partial charge in [0.15, 0.2) is 5.78 Å². The van der Waals surface area contributed by atoms with Crippen molar-refractivity contribution >= 4 is 22.6 Å². The molecular weight excluding hydrogens is 284 g/mol. The van der Waals surface area contributed by atoms with Gasteiger partial charge in [0.1, 0.15) is 12.4 Å². The van der Waals surface area contributed by atoms with Crippen molar-refractivity contribution in [3.63, 3.8) is 0 Å². The van der Waals surface area contributed by atoms with Gasteiger partial charge in [-0.15, -0.1) is 0 Å². The van der Waals surface area contributed by atoms with E-state index in [0.717, 1.165) is 16.3 Å². The van der Waals surface area contributed by atoms with Gasteiger partial charge in [-0.2, -0.15) is 0 Å². The predicted octanol–water partition coefficient (Wildman–Crippen LogP) is 4.81. The van der Waals surface area contributed by atoms with Gasteiger partial charge in [0.25, 0.3) is 0 Å². The molecule has 0 bridgehead atoms. The average Bonchev–Trinajstić information content (AvgIpc) is 2.58. The summed E-state index contributed by atoms with van der Waals surface area (Å²) in [6, 6.07) is 20.0. The Balaban J connectivity index is 1.76. The molecule has 1 heterocycles. The van der Waals surface area contributed by atoms with Gasteiger partial charge in [0.2, 0.25) is 0 Å². The molecule has 4 rings (SSSR count). The molecule has 2 nitrogen and oxygen atoms in total. The van der Waals surface area contributed by atoms with Gasteiger partial charge in [-0.05, 0) is 41.5 Å². The number of Topliss-reactive ketones (excluding diaryl/α,β-unsaturated/α-hetero) is 1. The molecular formula is C21H16O2. The quantitative estimate of drug-likeness (QED) is 0.603. The van der Waals surface area contributed by atoms with Crippen molar-refractivity contribution in [2.75, 3.05) is 6.61 Å². The lowest BCUT2D eigenvalue weighted by molar-refractivity contribution is 0.100. The van der Waals surface area contributed by atoms with Gasteiger partial charge >= 0.3 is 0 Å².